The molecule has 0 aromatic carbocycles. The monoisotopic (exact) mass is 241 g/mol. The molecule has 84 valence electrons. The van der Waals surface area contributed by atoms with Crippen LogP contribution in [0.15, 0.2) is 0 Å². The number of alkyl halides is 1. The van der Waals surface area contributed by atoms with Gasteiger partial charge in [0.1, 0.15) is 0 Å². The highest BCUT2D eigenvalue weighted by atomic mass is 35.5. The van der Waals surface area contributed by atoms with E-state index >= 15 is 0 Å². The van der Waals surface area contributed by atoms with Crippen molar-refractivity contribution in [2.24, 2.45) is 0 Å². The van der Waals surface area contributed by atoms with E-state index in [1.54, 1.807) is 0 Å². The molecule has 0 saturated carbocycles. The number of hydrogen-bond donors (Lipinski definition) is 0. The Bertz CT molecular complexity index is 289. The molecule has 1 aliphatic rings. The zero-order valence-electron chi connectivity index (χ0n) is 8.49. The quantitative estimate of drug-likeness (QED) is 0.683. The van der Waals surface area contributed by atoms with Gasteiger partial charge in [-0.1, -0.05) is 0 Å². The van der Waals surface area contributed by atoms with E-state index in [2.05, 4.69) is 0 Å². The van der Waals surface area contributed by atoms with Gasteiger partial charge in [0.05, 0.1) is 18.0 Å². The Morgan fingerprint density at radius 1 is 1.50 bits per heavy atom. The van der Waals surface area contributed by atoms with E-state index in [9.17, 15) is 8.42 Å². The van der Waals surface area contributed by atoms with Crippen molar-refractivity contribution in [1.29, 1.82) is 0 Å². The van der Waals surface area contributed by atoms with Crippen molar-refractivity contribution in [3.63, 3.8) is 0 Å². The standard InChI is InChI=1S/C8H16ClNO3S/c1-8(2)7-10(4-5-13-8)14(11,12)6-3-9/h3-7H2,1-2H3. The van der Waals surface area contributed by atoms with Crippen LogP contribution < -0.4 is 0 Å². The van der Waals surface area contributed by atoms with E-state index in [-0.39, 0.29) is 11.6 Å². The van der Waals surface area contributed by atoms with Gasteiger partial charge in [-0.3, -0.25) is 0 Å². The van der Waals surface area contributed by atoms with Crippen LogP contribution in [0.25, 0.3) is 0 Å². The van der Waals surface area contributed by atoms with Crippen LogP contribution in [0, 0.1) is 0 Å². The Kier molecular flexibility index (Phi) is 3.80. The number of sulfonamides is 1. The molecule has 0 radical (unpaired) electrons. The maximum absolute atomic E-state index is 11.7. The first-order valence-electron chi connectivity index (χ1n) is 4.55. The summed E-state index contributed by atoms with van der Waals surface area (Å²) in [5.74, 6) is 0.144. The van der Waals surface area contributed by atoms with Gasteiger partial charge in [0.2, 0.25) is 10.0 Å². The van der Waals surface area contributed by atoms with Crippen molar-refractivity contribution in [3.8, 4) is 0 Å². The number of halogens is 1. The molecule has 1 aliphatic heterocycles. The third-order valence-corrected chi connectivity index (χ3v) is 4.35. The highest BCUT2D eigenvalue weighted by Crippen LogP contribution is 2.19. The largest absolute Gasteiger partial charge is 0.373 e. The molecule has 1 heterocycles. The minimum Gasteiger partial charge on any atom is -0.373 e. The summed E-state index contributed by atoms with van der Waals surface area (Å²) in [5, 5.41) is 0. The Hall–Kier alpha value is 0.160. The van der Waals surface area contributed by atoms with E-state index in [0.29, 0.717) is 19.7 Å². The fourth-order valence-corrected chi connectivity index (χ4v) is 3.34. The zero-order valence-corrected chi connectivity index (χ0v) is 10.1. The highest BCUT2D eigenvalue weighted by molar-refractivity contribution is 7.89. The average Bonchev–Trinajstić information content (AvgIpc) is 2.02. The van der Waals surface area contributed by atoms with Crippen molar-refractivity contribution in [3.05, 3.63) is 0 Å². The molecule has 0 aromatic heterocycles. The van der Waals surface area contributed by atoms with Crippen LogP contribution in [0.2, 0.25) is 0 Å². The first-order valence-corrected chi connectivity index (χ1v) is 6.69. The number of ether oxygens (including phenoxy) is 1. The molecule has 0 bridgehead atoms. The third kappa shape index (κ3) is 3.08. The summed E-state index contributed by atoms with van der Waals surface area (Å²) in [6.07, 6.45) is 0. The fourth-order valence-electron chi connectivity index (χ4n) is 1.44. The van der Waals surface area contributed by atoms with Gasteiger partial charge in [0.15, 0.2) is 0 Å². The van der Waals surface area contributed by atoms with Crippen LogP contribution in [0.4, 0.5) is 0 Å². The second-order valence-corrected chi connectivity index (χ2v) is 6.41. The van der Waals surface area contributed by atoms with Crippen LogP contribution in [0.1, 0.15) is 13.8 Å². The van der Waals surface area contributed by atoms with Crippen LogP contribution in [0.5, 0.6) is 0 Å². The van der Waals surface area contributed by atoms with Gasteiger partial charge in [-0.05, 0) is 13.8 Å². The molecule has 0 aromatic rings. The molecule has 1 rings (SSSR count). The van der Waals surface area contributed by atoms with Crippen molar-refractivity contribution in [2.45, 2.75) is 19.4 Å². The minimum absolute atomic E-state index is 0.00460. The van der Waals surface area contributed by atoms with Gasteiger partial charge in [0, 0.05) is 19.0 Å². The Morgan fingerprint density at radius 3 is 2.64 bits per heavy atom. The molecule has 1 saturated heterocycles. The van der Waals surface area contributed by atoms with E-state index in [0.717, 1.165) is 0 Å². The summed E-state index contributed by atoms with van der Waals surface area (Å²) >= 11 is 5.44. The molecule has 4 nitrogen and oxygen atoms in total. The minimum atomic E-state index is -3.18. The predicted molar refractivity (Wildman–Crippen MR) is 56.1 cm³/mol. The molecule has 0 N–H and O–H groups in total. The van der Waals surface area contributed by atoms with E-state index in [4.69, 9.17) is 16.3 Å². The Morgan fingerprint density at radius 2 is 2.14 bits per heavy atom. The summed E-state index contributed by atoms with van der Waals surface area (Å²) in [5.41, 5.74) is -0.391. The van der Waals surface area contributed by atoms with Crippen LogP contribution in [0.3, 0.4) is 0 Å². The maximum Gasteiger partial charge on any atom is 0.215 e. The SMILES string of the molecule is CC1(C)CN(S(=O)(=O)CCCl)CCO1. The summed E-state index contributed by atoms with van der Waals surface area (Å²) in [6.45, 7) is 5.06. The summed E-state index contributed by atoms with van der Waals surface area (Å²) < 4.78 is 30.2. The van der Waals surface area contributed by atoms with Gasteiger partial charge in [0.25, 0.3) is 0 Å². The Balaban J connectivity index is 2.69. The van der Waals surface area contributed by atoms with Gasteiger partial charge in [-0.15, -0.1) is 11.6 Å². The van der Waals surface area contributed by atoms with Crippen molar-refractivity contribution < 1.29 is 13.2 Å². The second kappa shape index (κ2) is 4.35. The van der Waals surface area contributed by atoms with Gasteiger partial charge in [-0.2, -0.15) is 4.31 Å². The summed E-state index contributed by atoms with van der Waals surface area (Å²) in [7, 11) is -3.18. The van der Waals surface area contributed by atoms with Crippen molar-refractivity contribution in [2.75, 3.05) is 31.3 Å². The summed E-state index contributed by atoms with van der Waals surface area (Å²) in [6, 6.07) is 0. The van der Waals surface area contributed by atoms with Gasteiger partial charge in [-0.25, -0.2) is 8.42 Å². The smallest absolute Gasteiger partial charge is 0.215 e. The van der Waals surface area contributed by atoms with Gasteiger partial charge < -0.3 is 4.74 Å². The number of rotatable bonds is 3. The molecule has 14 heavy (non-hydrogen) atoms. The lowest BCUT2D eigenvalue weighted by Gasteiger charge is -2.37. The first kappa shape index (κ1) is 12.2. The van der Waals surface area contributed by atoms with Gasteiger partial charge >= 0.3 is 0 Å². The molecule has 0 aliphatic carbocycles. The molecule has 0 unspecified atom stereocenters. The van der Waals surface area contributed by atoms with Crippen molar-refractivity contribution >= 4 is 21.6 Å². The highest BCUT2D eigenvalue weighted by Gasteiger charge is 2.33. The normalized spacial score (nSPS) is 23.6. The molecule has 1 fully saturated rings. The van der Waals surface area contributed by atoms with E-state index < -0.39 is 15.6 Å². The lowest BCUT2D eigenvalue weighted by atomic mass is 10.1. The van der Waals surface area contributed by atoms with Crippen molar-refractivity contribution in [1.82, 2.24) is 4.31 Å². The van der Waals surface area contributed by atoms with Crippen LogP contribution in [-0.4, -0.2) is 49.7 Å². The number of hydrogen-bond acceptors (Lipinski definition) is 3. The first-order chi connectivity index (χ1) is 6.37. The number of nitrogens with zero attached hydrogens (tertiary/aromatic N) is 1. The molecular weight excluding hydrogens is 226 g/mol. The lowest BCUT2D eigenvalue weighted by molar-refractivity contribution is -0.0639. The van der Waals surface area contributed by atoms with E-state index in [1.165, 1.54) is 4.31 Å². The molecule has 0 atom stereocenters. The number of morpholine rings is 1. The molecular formula is C8H16ClNO3S. The molecule has 6 heteroatoms. The average molecular weight is 242 g/mol. The fraction of sp³-hybridized carbons (Fsp3) is 1.00. The lowest BCUT2D eigenvalue weighted by Crippen LogP contribution is -2.51. The third-order valence-electron chi connectivity index (χ3n) is 2.12. The Labute approximate surface area is 90.2 Å². The molecule has 0 spiro atoms. The van der Waals surface area contributed by atoms with E-state index in [1.807, 2.05) is 13.8 Å². The van der Waals surface area contributed by atoms with Crippen LogP contribution >= 0.6 is 11.6 Å². The predicted octanol–water partition coefficient (Wildman–Crippen LogP) is 0.666. The second-order valence-electron chi connectivity index (χ2n) is 3.95. The summed E-state index contributed by atoms with van der Waals surface area (Å²) in [4.78, 5) is 0. The van der Waals surface area contributed by atoms with Crippen LogP contribution in [-0.2, 0) is 14.8 Å². The maximum atomic E-state index is 11.7. The topological polar surface area (TPSA) is 46.6 Å². The molecule has 0 amide bonds. The zero-order chi connectivity index (χ0) is 10.8.